The van der Waals surface area contributed by atoms with Crippen molar-refractivity contribution in [2.45, 2.75) is 64.2 Å². The molecule has 1 aliphatic rings. The number of nitrogens with one attached hydrogen (secondary N) is 1. The standard InChI is InChI=1S/C13H23NO5/c1-5-13(10(15)16)8-9(6-7-18-13)14-11(17)19-12(2,3)4/h9H,5-8H2,1-4H3,(H,14,17)(H,15,16). The van der Waals surface area contributed by atoms with E-state index in [0.29, 0.717) is 19.4 Å². The molecule has 0 aliphatic carbocycles. The third-order valence-corrected chi connectivity index (χ3v) is 3.10. The molecule has 0 aromatic heterocycles. The number of alkyl carbamates (subject to hydrolysis) is 1. The first kappa shape index (κ1) is 15.8. The van der Waals surface area contributed by atoms with Crippen LogP contribution in [0.15, 0.2) is 0 Å². The number of carbonyl (C=O) groups is 2. The monoisotopic (exact) mass is 273 g/mol. The first-order valence-electron chi connectivity index (χ1n) is 6.55. The largest absolute Gasteiger partial charge is 0.479 e. The van der Waals surface area contributed by atoms with E-state index in [1.807, 2.05) is 0 Å². The maximum atomic E-state index is 11.7. The minimum atomic E-state index is -1.20. The minimum Gasteiger partial charge on any atom is -0.479 e. The average molecular weight is 273 g/mol. The molecular formula is C13H23NO5. The molecule has 1 saturated heterocycles. The first-order valence-corrected chi connectivity index (χ1v) is 6.55. The predicted octanol–water partition coefficient (Wildman–Crippen LogP) is 1.92. The van der Waals surface area contributed by atoms with Crippen LogP contribution >= 0.6 is 0 Å². The SMILES string of the molecule is CCC1(C(=O)O)CC(NC(=O)OC(C)(C)C)CCO1. The Kier molecular flexibility index (Phi) is 4.79. The Morgan fingerprint density at radius 3 is 2.58 bits per heavy atom. The number of amides is 1. The van der Waals surface area contributed by atoms with Gasteiger partial charge < -0.3 is 19.9 Å². The molecule has 2 unspecified atom stereocenters. The van der Waals surface area contributed by atoms with E-state index in [2.05, 4.69) is 5.32 Å². The number of ether oxygens (including phenoxy) is 2. The summed E-state index contributed by atoms with van der Waals surface area (Å²) < 4.78 is 10.6. The fourth-order valence-electron chi connectivity index (χ4n) is 2.10. The fourth-order valence-corrected chi connectivity index (χ4v) is 2.10. The summed E-state index contributed by atoms with van der Waals surface area (Å²) in [5, 5.41) is 12.0. The third kappa shape index (κ3) is 4.38. The van der Waals surface area contributed by atoms with Crippen LogP contribution in [0.1, 0.15) is 47.0 Å². The van der Waals surface area contributed by atoms with Crippen molar-refractivity contribution in [3.8, 4) is 0 Å². The van der Waals surface area contributed by atoms with E-state index in [1.54, 1.807) is 27.7 Å². The van der Waals surface area contributed by atoms with Gasteiger partial charge in [0.05, 0.1) is 6.61 Å². The van der Waals surface area contributed by atoms with Gasteiger partial charge in [0.25, 0.3) is 0 Å². The van der Waals surface area contributed by atoms with E-state index in [4.69, 9.17) is 9.47 Å². The van der Waals surface area contributed by atoms with E-state index in [0.717, 1.165) is 0 Å². The van der Waals surface area contributed by atoms with Gasteiger partial charge in [-0.05, 0) is 33.6 Å². The summed E-state index contributed by atoms with van der Waals surface area (Å²) in [6.45, 7) is 7.43. The topological polar surface area (TPSA) is 84.9 Å². The number of carbonyl (C=O) groups excluding carboxylic acids is 1. The van der Waals surface area contributed by atoms with E-state index in [-0.39, 0.29) is 12.5 Å². The lowest BCUT2D eigenvalue weighted by Gasteiger charge is -2.37. The molecule has 1 fully saturated rings. The Morgan fingerprint density at radius 1 is 1.47 bits per heavy atom. The van der Waals surface area contributed by atoms with Gasteiger partial charge in [-0.25, -0.2) is 9.59 Å². The molecule has 0 radical (unpaired) electrons. The Bertz CT molecular complexity index is 349. The lowest BCUT2D eigenvalue weighted by molar-refractivity contribution is -0.174. The number of carboxylic acids is 1. The summed E-state index contributed by atoms with van der Waals surface area (Å²) in [7, 11) is 0. The van der Waals surface area contributed by atoms with E-state index in [9.17, 15) is 14.7 Å². The van der Waals surface area contributed by atoms with Crippen molar-refractivity contribution in [2.75, 3.05) is 6.61 Å². The van der Waals surface area contributed by atoms with Gasteiger partial charge in [-0.1, -0.05) is 6.92 Å². The number of aliphatic carboxylic acids is 1. The molecule has 6 nitrogen and oxygen atoms in total. The third-order valence-electron chi connectivity index (χ3n) is 3.10. The van der Waals surface area contributed by atoms with Crippen LogP contribution in [0.5, 0.6) is 0 Å². The summed E-state index contributed by atoms with van der Waals surface area (Å²) in [5.74, 6) is -0.981. The van der Waals surface area contributed by atoms with Crippen LogP contribution in [0.4, 0.5) is 4.79 Å². The molecule has 0 spiro atoms. The van der Waals surface area contributed by atoms with E-state index in [1.165, 1.54) is 0 Å². The lowest BCUT2D eigenvalue weighted by Crippen LogP contribution is -2.53. The van der Waals surface area contributed by atoms with Gasteiger partial charge in [-0.15, -0.1) is 0 Å². The van der Waals surface area contributed by atoms with Crippen molar-refractivity contribution in [3.05, 3.63) is 0 Å². The zero-order chi connectivity index (χ0) is 14.7. The maximum Gasteiger partial charge on any atom is 0.407 e. The summed E-state index contributed by atoms with van der Waals surface area (Å²) >= 11 is 0. The van der Waals surface area contributed by atoms with Crippen LogP contribution in [-0.4, -0.2) is 41.0 Å². The molecule has 1 rings (SSSR count). The van der Waals surface area contributed by atoms with Crippen molar-refractivity contribution in [2.24, 2.45) is 0 Å². The van der Waals surface area contributed by atoms with Crippen molar-refractivity contribution >= 4 is 12.1 Å². The quantitative estimate of drug-likeness (QED) is 0.820. The summed E-state index contributed by atoms with van der Waals surface area (Å²) in [6, 6.07) is -0.236. The van der Waals surface area contributed by atoms with Crippen molar-refractivity contribution in [1.82, 2.24) is 5.32 Å². The molecule has 0 saturated carbocycles. The van der Waals surface area contributed by atoms with Crippen LogP contribution in [-0.2, 0) is 14.3 Å². The Balaban J connectivity index is 2.61. The highest BCUT2D eigenvalue weighted by molar-refractivity contribution is 5.78. The highest BCUT2D eigenvalue weighted by Crippen LogP contribution is 2.29. The lowest BCUT2D eigenvalue weighted by atomic mass is 9.88. The normalized spacial score (nSPS) is 27.7. The highest BCUT2D eigenvalue weighted by Gasteiger charge is 2.43. The number of hydrogen-bond acceptors (Lipinski definition) is 4. The highest BCUT2D eigenvalue weighted by atomic mass is 16.6. The first-order chi connectivity index (χ1) is 8.68. The van der Waals surface area contributed by atoms with E-state index < -0.39 is 23.3 Å². The van der Waals surface area contributed by atoms with Crippen LogP contribution in [0.2, 0.25) is 0 Å². The molecule has 0 aromatic rings. The zero-order valence-corrected chi connectivity index (χ0v) is 12.0. The minimum absolute atomic E-state index is 0.236. The number of carboxylic acid groups (broad SMARTS) is 1. The average Bonchev–Trinajstić information content (AvgIpc) is 2.26. The number of hydrogen-bond donors (Lipinski definition) is 2. The molecule has 2 N–H and O–H groups in total. The summed E-state index contributed by atoms with van der Waals surface area (Å²) in [5.41, 5.74) is -1.76. The summed E-state index contributed by atoms with van der Waals surface area (Å²) in [6.07, 6.45) is 0.705. The Morgan fingerprint density at radius 2 is 2.11 bits per heavy atom. The number of rotatable bonds is 3. The van der Waals surface area contributed by atoms with Crippen LogP contribution < -0.4 is 5.32 Å². The van der Waals surface area contributed by atoms with Gasteiger partial charge >= 0.3 is 12.1 Å². The fraction of sp³-hybridized carbons (Fsp3) is 0.846. The van der Waals surface area contributed by atoms with Gasteiger partial charge in [0.2, 0.25) is 0 Å². The predicted molar refractivity (Wildman–Crippen MR) is 69.0 cm³/mol. The second kappa shape index (κ2) is 5.77. The van der Waals surface area contributed by atoms with Gasteiger partial charge in [0, 0.05) is 12.5 Å². The zero-order valence-electron chi connectivity index (χ0n) is 12.0. The summed E-state index contributed by atoms with van der Waals surface area (Å²) in [4.78, 5) is 23.0. The van der Waals surface area contributed by atoms with Crippen LogP contribution in [0.3, 0.4) is 0 Å². The van der Waals surface area contributed by atoms with Gasteiger partial charge in [-0.2, -0.15) is 0 Å². The van der Waals surface area contributed by atoms with Crippen molar-refractivity contribution in [1.29, 1.82) is 0 Å². The van der Waals surface area contributed by atoms with Gasteiger partial charge in [-0.3, -0.25) is 0 Å². The van der Waals surface area contributed by atoms with Crippen molar-refractivity contribution < 1.29 is 24.2 Å². The molecule has 1 heterocycles. The van der Waals surface area contributed by atoms with E-state index >= 15 is 0 Å². The Labute approximate surface area is 113 Å². The second-order valence-electron chi connectivity index (χ2n) is 5.84. The Hall–Kier alpha value is -1.30. The molecule has 110 valence electrons. The van der Waals surface area contributed by atoms with Gasteiger partial charge in [0.1, 0.15) is 5.60 Å². The van der Waals surface area contributed by atoms with Crippen LogP contribution in [0, 0.1) is 0 Å². The molecule has 1 amide bonds. The molecule has 19 heavy (non-hydrogen) atoms. The molecular weight excluding hydrogens is 250 g/mol. The smallest absolute Gasteiger partial charge is 0.407 e. The molecule has 1 aliphatic heterocycles. The maximum absolute atomic E-state index is 11.7. The van der Waals surface area contributed by atoms with Crippen molar-refractivity contribution in [3.63, 3.8) is 0 Å². The molecule has 2 atom stereocenters. The van der Waals surface area contributed by atoms with Crippen LogP contribution in [0.25, 0.3) is 0 Å². The van der Waals surface area contributed by atoms with Gasteiger partial charge in [0.15, 0.2) is 5.60 Å². The molecule has 0 aromatic carbocycles. The molecule has 6 heteroatoms. The second-order valence-corrected chi connectivity index (χ2v) is 5.84. The molecule has 0 bridgehead atoms.